The van der Waals surface area contributed by atoms with Crippen LogP contribution in [-0.4, -0.2) is 67.8 Å². The van der Waals surface area contributed by atoms with Crippen molar-refractivity contribution in [1.29, 1.82) is 0 Å². The molecular formula is C17H36N4O2S. The van der Waals surface area contributed by atoms with Crippen LogP contribution < -0.4 is 10.6 Å². The molecule has 142 valence electrons. The summed E-state index contributed by atoms with van der Waals surface area (Å²) in [5.74, 6) is 1.97. The van der Waals surface area contributed by atoms with Gasteiger partial charge in [-0.05, 0) is 52.0 Å². The van der Waals surface area contributed by atoms with E-state index in [4.69, 9.17) is 4.74 Å². The van der Waals surface area contributed by atoms with Crippen LogP contribution in [0, 0.1) is 0 Å². The fourth-order valence-electron chi connectivity index (χ4n) is 2.00. The molecule has 2 N–H and O–H groups in total. The highest BCUT2D eigenvalue weighted by molar-refractivity contribution is 7.98. The Balaban J connectivity index is 4.17. The number of thioether (sulfide) groups is 1. The Morgan fingerprint density at radius 2 is 1.83 bits per heavy atom. The van der Waals surface area contributed by atoms with E-state index in [-0.39, 0.29) is 6.09 Å². The Bertz CT molecular complexity index is 370. The molecule has 0 aromatic heterocycles. The molecule has 0 unspecified atom stereocenters. The predicted molar refractivity (Wildman–Crippen MR) is 105 cm³/mol. The summed E-state index contributed by atoms with van der Waals surface area (Å²) in [6.07, 6.45) is 5.10. The van der Waals surface area contributed by atoms with E-state index in [0.29, 0.717) is 19.6 Å². The Hall–Kier alpha value is -1.11. The van der Waals surface area contributed by atoms with E-state index >= 15 is 0 Å². The fraction of sp³-hybridized carbons (Fsp3) is 0.882. The summed E-state index contributed by atoms with van der Waals surface area (Å²) >= 11 is 1.87. The second-order valence-corrected chi connectivity index (χ2v) is 7.58. The van der Waals surface area contributed by atoms with Gasteiger partial charge in [-0.3, -0.25) is 4.99 Å². The molecule has 6 nitrogen and oxygen atoms in total. The normalized spacial score (nSPS) is 12.0. The zero-order valence-corrected chi connectivity index (χ0v) is 17.1. The molecular weight excluding hydrogens is 324 g/mol. The van der Waals surface area contributed by atoms with E-state index in [0.717, 1.165) is 25.3 Å². The van der Waals surface area contributed by atoms with Crippen LogP contribution in [0.15, 0.2) is 4.99 Å². The largest absolute Gasteiger partial charge is 0.444 e. The number of nitrogens with one attached hydrogen (secondary N) is 2. The number of hydrogen-bond donors (Lipinski definition) is 2. The van der Waals surface area contributed by atoms with Crippen LogP contribution in [0.1, 0.15) is 47.0 Å². The molecule has 0 aromatic carbocycles. The molecule has 0 aliphatic heterocycles. The first-order chi connectivity index (χ1) is 11.3. The van der Waals surface area contributed by atoms with Gasteiger partial charge in [-0.2, -0.15) is 11.8 Å². The van der Waals surface area contributed by atoms with Crippen molar-refractivity contribution in [3.05, 3.63) is 0 Å². The molecule has 0 fully saturated rings. The molecule has 0 bridgehead atoms. The van der Waals surface area contributed by atoms with Crippen molar-refractivity contribution >= 4 is 23.8 Å². The topological polar surface area (TPSA) is 66.0 Å². The number of nitrogens with zero attached hydrogens (tertiary/aromatic N) is 2. The average Bonchev–Trinajstić information content (AvgIpc) is 2.50. The minimum atomic E-state index is -0.467. The zero-order chi connectivity index (χ0) is 18.4. The first-order valence-electron chi connectivity index (χ1n) is 8.75. The van der Waals surface area contributed by atoms with Gasteiger partial charge in [-0.25, -0.2) is 4.79 Å². The summed E-state index contributed by atoms with van der Waals surface area (Å²) in [7, 11) is 1.76. The minimum absolute atomic E-state index is 0.258. The third-order valence-electron chi connectivity index (χ3n) is 3.11. The fourth-order valence-corrected chi connectivity index (χ4v) is 2.49. The lowest BCUT2D eigenvalue weighted by Gasteiger charge is -2.27. The third-order valence-corrected chi connectivity index (χ3v) is 3.81. The van der Waals surface area contributed by atoms with Crippen molar-refractivity contribution in [2.75, 3.05) is 45.2 Å². The summed E-state index contributed by atoms with van der Waals surface area (Å²) < 4.78 is 5.45. The van der Waals surface area contributed by atoms with Crippen molar-refractivity contribution < 1.29 is 9.53 Å². The van der Waals surface area contributed by atoms with Gasteiger partial charge in [-0.15, -0.1) is 0 Å². The number of hydrogen-bond acceptors (Lipinski definition) is 4. The predicted octanol–water partition coefficient (Wildman–Crippen LogP) is 2.94. The van der Waals surface area contributed by atoms with Gasteiger partial charge >= 0.3 is 6.09 Å². The van der Waals surface area contributed by atoms with Crippen molar-refractivity contribution in [3.63, 3.8) is 0 Å². The Labute approximate surface area is 152 Å². The van der Waals surface area contributed by atoms with Gasteiger partial charge in [0.25, 0.3) is 0 Å². The lowest BCUT2D eigenvalue weighted by molar-refractivity contribution is 0.0253. The Kier molecular flexibility index (Phi) is 12.6. The second kappa shape index (κ2) is 13.2. The van der Waals surface area contributed by atoms with Crippen molar-refractivity contribution in [2.24, 2.45) is 4.99 Å². The summed E-state index contributed by atoms with van der Waals surface area (Å²) in [5.41, 5.74) is -0.467. The van der Waals surface area contributed by atoms with Gasteiger partial charge in [0, 0.05) is 33.2 Å². The highest BCUT2D eigenvalue weighted by Gasteiger charge is 2.21. The van der Waals surface area contributed by atoms with E-state index in [1.165, 1.54) is 12.2 Å². The molecule has 0 aromatic rings. The first kappa shape index (κ1) is 22.9. The van der Waals surface area contributed by atoms with Gasteiger partial charge in [0.05, 0.1) is 0 Å². The van der Waals surface area contributed by atoms with Crippen LogP contribution in [0.25, 0.3) is 0 Å². The minimum Gasteiger partial charge on any atom is -0.444 e. The number of unbranched alkanes of at least 4 members (excludes halogenated alkanes) is 1. The van der Waals surface area contributed by atoms with Crippen LogP contribution in [-0.2, 0) is 4.74 Å². The summed E-state index contributed by atoms with van der Waals surface area (Å²) in [6, 6.07) is 0. The quantitative estimate of drug-likeness (QED) is 0.356. The number of rotatable bonds is 10. The van der Waals surface area contributed by atoms with Crippen LogP contribution >= 0.6 is 11.8 Å². The van der Waals surface area contributed by atoms with Crippen molar-refractivity contribution in [1.82, 2.24) is 15.5 Å². The van der Waals surface area contributed by atoms with Gasteiger partial charge in [0.2, 0.25) is 0 Å². The average molecular weight is 361 g/mol. The standard InChI is InChI=1S/C17H36N4O2S/c1-7-12-21(16(22)23-17(2,3)4)13-11-20-15(18-5)19-10-8-9-14-24-6/h7-14H2,1-6H3,(H2,18,19,20). The summed E-state index contributed by atoms with van der Waals surface area (Å²) in [6.45, 7) is 10.5. The SMILES string of the molecule is CCCN(CCNC(=NC)NCCCCSC)C(=O)OC(C)(C)C. The summed E-state index contributed by atoms with van der Waals surface area (Å²) in [4.78, 5) is 18.1. The highest BCUT2D eigenvalue weighted by Crippen LogP contribution is 2.10. The number of guanidine groups is 1. The van der Waals surface area contributed by atoms with Crippen LogP contribution in [0.2, 0.25) is 0 Å². The molecule has 7 heteroatoms. The molecule has 0 aliphatic rings. The maximum Gasteiger partial charge on any atom is 0.410 e. The molecule has 0 spiro atoms. The van der Waals surface area contributed by atoms with Gasteiger partial charge in [-0.1, -0.05) is 6.92 Å². The van der Waals surface area contributed by atoms with Gasteiger partial charge < -0.3 is 20.3 Å². The molecule has 0 rings (SSSR count). The van der Waals surface area contributed by atoms with Crippen molar-refractivity contribution in [2.45, 2.75) is 52.6 Å². The number of aliphatic imine (C=N–C) groups is 1. The molecule has 0 radical (unpaired) electrons. The monoisotopic (exact) mass is 360 g/mol. The zero-order valence-electron chi connectivity index (χ0n) is 16.3. The van der Waals surface area contributed by atoms with E-state index in [1.807, 2.05) is 32.5 Å². The van der Waals surface area contributed by atoms with E-state index < -0.39 is 5.60 Å². The van der Waals surface area contributed by atoms with Gasteiger partial charge in [0.1, 0.15) is 5.60 Å². The van der Waals surface area contributed by atoms with Crippen LogP contribution in [0.3, 0.4) is 0 Å². The molecule has 0 aliphatic carbocycles. The smallest absolute Gasteiger partial charge is 0.410 e. The van der Waals surface area contributed by atoms with E-state index in [9.17, 15) is 4.79 Å². The third kappa shape index (κ3) is 12.3. The van der Waals surface area contributed by atoms with E-state index in [2.05, 4.69) is 28.8 Å². The maximum absolute atomic E-state index is 12.2. The van der Waals surface area contributed by atoms with E-state index in [1.54, 1.807) is 11.9 Å². The Morgan fingerprint density at radius 1 is 1.17 bits per heavy atom. The molecule has 0 atom stereocenters. The van der Waals surface area contributed by atoms with Crippen LogP contribution in [0.5, 0.6) is 0 Å². The first-order valence-corrected chi connectivity index (χ1v) is 10.1. The summed E-state index contributed by atoms with van der Waals surface area (Å²) in [5, 5.41) is 6.55. The number of amides is 1. The molecule has 0 saturated carbocycles. The Morgan fingerprint density at radius 3 is 2.38 bits per heavy atom. The number of carbonyl (C=O) groups excluding carboxylic acids is 1. The van der Waals surface area contributed by atoms with Crippen LogP contribution in [0.4, 0.5) is 4.79 Å². The van der Waals surface area contributed by atoms with Gasteiger partial charge in [0.15, 0.2) is 5.96 Å². The molecule has 0 saturated heterocycles. The lowest BCUT2D eigenvalue weighted by Crippen LogP contribution is -2.44. The maximum atomic E-state index is 12.2. The van der Waals surface area contributed by atoms with Crippen molar-refractivity contribution in [3.8, 4) is 0 Å². The number of ether oxygens (including phenoxy) is 1. The lowest BCUT2D eigenvalue weighted by atomic mass is 10.2. The molecule has 0 heterocycles. The number of carbonyl (C=O) groups is 1. The second-order valence-electron chi connectivity index (χ2n) is 6.59. The molecule has 24 heavy (non-hydrogen) atoms. The molecule has 1 amide bonds. The highest BCUT2D eigenvalue weighted by atomic mass is 32.2.